The molecule has 3 nitrogen and oxygen atoms in total. The molecule has 116 valence electrons. The Morgan fingerprint density at radius 2 is 1.95 bits per heavy atom. The van der Waals surface area contributed by atoms with Crippen molar-refractivity contribution in [2.75, 3.05) is 13.2 Å². The number of rotatable bonds is 5. The first kappa shape index (κ1) is 17.5. The van der Waals surface area contributed by atoms with Gasteiger partial charge in [-0.3, -0.25) is 4.90 Å². The van der Waals surface area contributed by atoms with E-state index >= 15 is 0 Å². The lowest BCUT2D eigenvalue weighted by Gasteiger charge is -2.45. The summed E-state index contributed by atoms with van der Waals surface area (Å²) in [7, 11) is 0. The van der Waals surface area contributed by atoms with Crippen molar-refractivity contribution in [2.45, 2.75) is 72.4 Å². The molecule has 1 N–H and O–H groups in total. The molecule has 3 heteroatoms. The van der Waals surface area contributed by atoms with E-state index in [2.05, 4.69) is 45.6 Å². The molecule has 0 radical (unpaired) electrons. The van der Waals surface area contributed by atoms with Gasteiger partial charge in [0.05, 0.1) is 12.0 Å². The van der Waals surface area contributed by atoms with Gasteiger partial charge in [-0.1, -0.05) is 20.8 Å². The fourth-order valence-electron chi connectivity index (χ4n) is 3.51. The summed E-state index contributed by atoms with van der Waals surface area (Å²) in [4.78, 5) is 2.45. The number of nitrogens with zero attached hydrogens (tertiary/aromatic N) is 2. The fourth-order valence-corrected chi connectivity index (χ4v) is 3.51. The molecule has 0 saturated heterocycles. The van der Waals surface area contributed by atoms with Crippen molar-refractivity contribution in [1.29, 1.82) is 5.26 Å². The average molecular weight is 280 g/mol. The molecule has 1 fully saturated rings. The van der Waals surface area contributed by atoms with Crippen LogP contribution in [0.15, 0.2) is 0 Å². The molecule has 0 heterocycles. The van der Waals surface area contributed by atoms with Crippen LogP contribution in [0.25, 0.3) is 0 Å². The number of hydrogen-bond acceptors (Lipinski definition) is 3. The van der Waals surface area contributed by atoms with E-state index in [1.54, 1.807) is 0 Å². The Morgan fingerprint density at radius 3 is 2.40 bits per heavy atom. The lowest BCUT2D eigenvalue weighted by atomic mass is 9.67. The van der Waals surface area contributed by atoms with Crippen molar-refractivity contribution in [3.63, 3.8) is 0 Å². The van der Waals surface area contributed by atoms with Crippen molar-refractivity contribution in [3.05, 3.63) is 0 Å². The molecule has 3 atom stereocenters. The molecule has 0 amide bonds. The molecule has 1 aliphatic carbocycles. The Balaban J connectivity index is 2.86. The summed E-state index contributed by atoms with van der Waals surface area (Å²) in [6.45, 7) is 12.5. The van der Waals surface area contributed by atoms with Gasteiger partial charge in [-0.05, 0) is 50.9 Å². The van der Waals surface area contributed by atoms with E-state index in [4.69, 9.17) is 5.11 Å². The Kier molecular flexibility index (Phi) is 6.48. The highest BCUT2D eigenvalue weighted by Gasteiger charge is 2.39. The fraction of sp³-hybridized carbons (Fsp3) is 0.941. The molecule has 0 aromatic rings. The molecule has 0 spiro atoms. The molecule has 0 aliphatic heterocycles. The van der Waals surface area contributed by atoms with Crippen LogP contribution in [0.5, 0.6) is 0 Å². The first-order valence-corrected chi connectivity index (χ1v) is 8.07. The van der Waals surface area contributed by atoms with Crippen LogP contribution in [-0.4, -0.2) is 35.2 Å². The monoisotopic (exact) mass is 280 g/mol. The van der Waals surface area contributed by atoms with Gasteiger partial charge in [0.2, 0.25) is 0 Å². The smallest absolute Gasteiger partial charge is 0.0672 e. The maximum Gasteiger partial charge on any atom is 0.0672 e. The minimum atomic E-state index is 0.148. The van der Waals surface area contributed by atoms with Crippen LogP contribution in [0.2, 0.25) is 0 Å². The predicted molar refractivity (Wildman–Crippen MR) is 83.2 cm³/mol. The van der Waals surface area contributed by atoms with Crippen molar-refractivity contribution in [1.82, 2.24) is 4.90 Å². The molecule has 0 aromatic heterocycles. The lowest BCUT2D eigenvalue weighted by molar-refractivity contribution is 0.0385. The normalized spacial score (nSPS) is 27.9. The number of aliphatic hydroxyl groups is 1. The third-order valence-electron chi connectivity index (χ3n) is 4.87. The lowest BCUT2D eigenvalue weighted by Crippen LogP contribution is -2.49. The van der Waals surface area contributed by atoms with E-state index in [1.807, 2.05) is 0 Å². The molecule has 0 bridgehead atoms. The second-order valence-corrected chi connectivity index (χ2v) is 7.59. The number of hydrogen-bond donors (Lipinski definition) is 1. The second-order valence-electron chi connectivity index (χ2n) is 7.59. The van der Waals surface area contributed by atoms with Gasteiger partial charge in [0, 0.05) is 25.2 Å². The third-order valence-corrected chi connectivity index (χ3v) is 4.87. The first-order valence-electron chi connectivity index (χ1n) is 8.07. The Bertz CT molecular complexity index is 327. The molecular formula is C17H32N2O. The van der Waals surface area contributed by atoms with Crippen LogP contribution < -0.4 is 0 Å². The third kappa shape index (κ3) is 4.46. The van der Waals surface area contributed by atoms with Gasteiger partial charge in [-0.15, -0.1) is 0 Å². The van der Waals surface area contributed by atoms with Crippen molar-refractivity contribution in [2.24, 2.45) is 17.3 Å². The van der Waals surface area contributed by atoms with Crippen molar-refractivity contribution >= 4 is 0 Å². The van der Waals surface area contributed by atoms with Crippen molar-refractivity contribution < 1.29 is 5.11 Å². The minimum Gasteiger partial charge on any atom is -0.396 e. The van der Waals surface area contributed by atoms with E-state index in [1.165, 1.54) is 6.42 Å². The average Bonchev–Trinajstić information content (AvgIpc) is 2.37. The van der Waals surface area contributed by atoms with Gasteiger partial charge in [-0.2, -0.15) is 5.26 Å². The summed E-state index contributed by atoms with van der Waals surface area (Å²) in [6.07, 6.45) is 4.11. The largest absolute Gasteiger partial charge is 0.396 e. The summed E-state index contributed by atoms with van der Waals surface area (Å²) in [5.74, 6) is 0.835. The zero-order chi connectivity index (χ0) is 15.3. The molecule has 3 unspecified atom stereocenters. The molecule has 20 heavy (non-hydrogen) atoms. The maximum absolute atomic E-state index is 9.48. The zero-order valence-corrected chi connectivity index (χ0v) is 13.9. The van der Waals surface area contributed by atoms with E-state index in [0.717, 1.165) is 25.8 Å². The molecule has 1 aliphatic rings. The van der Waals surface area contributed by atoms with Crippen LogP contribution in [-0.2, 0) is 0 Å². The summed E-state index contributed by atoms with van der Waals surface area (Å²) in [5.41, 5.74) is 0.318. The van der Waals surface area contributed by atoms with Gasteiger partial charge < -0.3 is 5.11 Å². The summed E-state index contributed by atoms with van der Waals surface area (Å²) >= 11 is 0. The Morgan fingerprint density at radius 1 is 1.30 bits per heavy atom. The predicted octanol–water partition coefficient (Wildman–Crippen LogP) is 3.43. The van der Waals surface area contributed by atoms with E-state index in [9.17, 15) is 5.26 Å². The van der Waals surface area contributed by atoms with Crippen molar-refractivity contribution in [3.8, 4) is 6.07 Å². The van der Waals surface area contributed by atoms with Gasteiger partial charge in [0.1, 0.15) is 0 Å². The minimum absolute atomic E-state index is 0.148. The maximum atomic E-state index is 9.48. The van der Waals surface area contributed by atoms with Crippen LogP contribution in [0.3, 0.4) is 0 Å². The highest BCUT2D eigenvalue weighted by atomic mass is 16.3. The standard InChI is InChI=1S/C17H32N2O/c1-13(2)19(9-6-10-20)16-11-15(17(3,4)5)8-7-14(16)12-18/h13-16,20H,6-11H2,1-5H3. The molecular weight excluding hydrogens is 248 g/mol. The zero-order valence-electron chi connectivity index (χ0n) is 13.9. The molecule has 1 saturated carbocycles. The highest BCUT2D eigenvalue weighted by Crippen LogP contribution is 2.41. The van der Waals surface area contributed by atoms with Gasteiger partial charge in [-0.25, -0.2) is 0 Å². The molecule has 1 rings (SSSR count). The first-order chi connectivity index (χ1) is 9.31. The Labute approximate surface area is 125 Å². The van der Waals surface area contributed by atoms with Gasteiger partial charge >= 0.3 is 0 Å². The van der Waals surface area contributed by atoms with Crippen LogP contribution in [0, 0.1) is 28.6 Å². The summed E-state index contributed by atoms with van der Waals surface area (Å²) < 4.78 is 0. The molecule has 0 aromatic carbocycles. The SMILES string of the molecule is CC(C)N(CCCO)C1CC(C(C)(C)C)CCC1C#N. The van der Waals surface area contributed by atoms with E-state index < -0.39 is 0 Å². The summed E-state index contributed by atoms with van der Waals surface area (Å²) in [6, 6.07) is 3.32. The second kappa shape index (κ2) is 7.43. The van der Waals surface area contributed by atoms with Gasteiger partial charge in [0.15, 0.2) is 0 Å². The van der Waals surface area contributed by atoms with Crippen LogP contribution >= 0.6 is 0 Å². The Hall–Kier alpha value is -0.590. The van der Waals surface area contributed by atoms with Gasteiger partial charge in [0.25, 0.3) is 0 Å². The topological polar surface area (TPSA) is 47.3 Å². The highest BCUT2D eigenvalue weighted by molar-refractivity contribution is 5.00. The van der Waals surface area contributed by atoms with E-state index in [0.29, 0.717) is 23.4 Å². The quantitative estimate of drug-likeness (QED) is 0.839. The number of aliphatic hydroxyl groups excluding tert-OH is 1. The van der Waals surface area contributed by atoms with E-state index in [-0.39, 0.29) is 12.5 Å². The summed E-state index contributed by atoms with van der Waals surface area (Å²) in [5, 5.41) is 18.6. The van der Waals surface area contributed by atoms with Crippen LogP contribution in [0.1, 0.15) is 60.3 Å². The van der Waals surface area contributed by atoms with Crippen LogP contribution in [0.4, 0.5) is 0 Å². The number of nitriles is 1.